The van der Waals surface area contributed by atoms with Crippen LogP contribution >= 0.6 is 0 Å². The van der Waals surface area contributed by atoms with E-state index in [0.29, 0.717) is 19.3 Å². The summed E-state index contributed by atoms with van der Waals surface area (Å²) < 4.78 is 6.09. The maximum atomic E-state index is 13.3. The van der Waals surface area contributed by atoms with Crippen LogP contribution in [0.5, 0.6) is 0 Å². The van der Waals surface area contributed by atoms with Gasteiger partial charge in [-0.1, -0.05) is 52.0 Å². The smallest absolute Gasteiger partial charge is 0.306 e. The standard InChI is InChI=1S/C29H44O6/c1-4-5-6-7-8-9-25(34)35-29(24(33)18-30)15-13-22-21-11-10-19-16-20(31)12-14-27(19,2)26(21)23(32)17-28(22,29)3/h16,21-23,26,30,32H,4-15,17-18H2,1-3H3/t21-,22-,23-,26+,27-,28-,29-/m0/s1. The van der Waals surface area contributed by atoms with E-state index in [-0.39, 0.29) is 41.3 Å². The van der Waals surface area contributed by atoms with Crippen molar-refractivity contribution < 1.29 is 29.3 Å². The molecule has 0 aromatic carbocycles. The normalized spacial score (nSPS) is 40.4. The fraction of sp³-hybridized carbons (Fsp3) is 0.828. The van der Waals surface area contributed by atoms with Crippen LogP contribution in [0.2, 0.25) is 0 Å². The monoisotopic (exact) mass is 488 g/mol. The minimum atomic E-state index is -1.38. The first-order valence-corrected chi connectivity index (χ1v) is 13.9. The van der Waals surface area contributed by atoms with Crippen LogP contribution in [0.15, 0.2) is 11.6 Å². The minimum absolute atomic E-state index is 0.0305. The number of esters is 1. The lowest BCUT2D eigenvalue weighted by molar-refractivity contribution is -0.202. The van der Waals surface area contributed by atoms with Crippen molar-refractivity contribution in [2.24, 2.45) is 28.6 Å². The van der Waals surface area contributed by atoms with E-state index in [1.165, 1.54) is 5.57 Å². The van der Waals surface area contributed by atoms with Gasteiger partial charge in [-0.05, 0) is 74.2 Å². The van der Waals surface area contributed by atoms with E-state index in [0.717, 1.165) is 57.8 Å². The Kier molecular flexibility index (Phi) is 7.64. The number of fused-ring (bicyclic) bond motifs is 5. The Labute approximate surface area is 209 Å². The second-order valence-electron chi connectivity index (χ2n) is 12.2. The zero-order chi connectivity index (χ0) is 25.4. The van der Waals surface area contributed by atoms with Gasteiger partial charge in [0.15, 0.2) is 11.4 Å². The van der Waals surface area contributed by atoms with E-state index < -0.39 is 29.5 Å². The molecule has 2 N–H and O–H groups in total. The molecule has 0 radical (unpaired) electrons. The second-order valence-corrected chi connectivity index (χ2v) is 12.2. The van der Waals surface area contributed by atoms with Crippen molar-refractivity contribution in [1.29, 1.82) is 0 Å². The number of aliphatic hydroxyl groups is 2. The number of hydrogen-bond acceptors (Lipinski definition) is 6. The summed E-state index contributed by atoms with van der Waals surface area (Å²) in [6.07, 6.45) is 11.0. The molecule has 4 aliphatic rings. The van der Waals surface area contributed by atoms with Crippen LogP contribution in [-0.4, -0.2) is 46.1 Å². The number of allylic oxidation sites excluding steroid dienone is 1. The largest absolute Gasteiger partial charge is 0.450 e. The lowest BCUT2D eigenvalue weighted by Crippen LogP contribution is -2.63. The molecule has 3 saturated carbocycles. The summed E-state index contributed by atoms with van der Waals surface area (Å²) >= 11 is 0. The van der Waals surface area contributed by atoms with E-state index >= 15 is 0 Å². The maximum Gasteiger partial charge on any atom is 0.306 e. The van der Waals surface area contributed by atoms with Gasteiger partial charge in [0.2, 0.25) is 5.78 Å². The molecule has 35 heavy (non-hydrogen) atoms. The first-order chi connectivity index (χ1) is 16.6. The van der Waals surface area contributed by atoms with Crippen LogP contribution in [0.3, 0.4) is 0 Å². The number of Topliss-reactive ketones (excluding diaryl/α,β-unsaturated/α-hetero) is 1. The Balaban J connectivity index is 1.59. The van der Waals surface area contributed by atoms with Crippen LogP contribution in [0.1, 0.15) is 104 Å². The Morgan fingerprint density at radius 1 is 1.09 bits per heavy atom. The molecular weight excluding hydrogens is 444 g/mol. The summed E-state index contributed by atoms with van der Waals surface area (Å²) in [4.78, 5) is 38.3. The van der Waals surface area contributed by atoms with Gasteiger partial charge < -0.3 is 14.9 Å². The summed E-state index contributed by atoms with van der Waals surface area (Å²) in [5, 5.41) is 21.5. The van der Waals surface area contributed by atoms with Crippen LogP contribution in [0, 0.1) is 28.6 Å². The third-order valence-electron chi connectivity index (χ3n) is 10.4. The van der Waals surface area contributed by atoms with E-state index in [1.54, 1.807) is 0 Å². The highest BCUT2D eigenvalue weighted by atomic mass is 16.6. The van der Waals surface area contributed by atoms with Gasteiger partial charge in [-0.15, -0.1) is 0 Å². The first kappa shape index (κ1) is 26.5. The molecule has 4 aliphatic carbocycles. The van der Waals surface area contributed by atoms with Crippen molar-refractivity contribution >= 4 is 17.5 Å². The predicted molar refractivity (Wildman–Crippen MR) is 132 cm³/mol. The molecule has 0 aliphatic heterocycles. The third kappa shape index (κ3) is 4.33. The average molecular weight is 489 g/mol. The molecule has 6 heteroatoms. The van der Waals surface area contributed by atoms with Crippen LogP contribution in [0.25, 0.3) is 0 Å². The Bertz CT molecular complexity index is 878. The fourth-order valence-electron chi connectivity index (χ4n) is 8.60. The van der Waals surface area contributed by atoms with E-state index in [9.17, 15) is 24.6 Å². The summed E-state index contributed by atoms with van der Waals surface area (Å²) in [6.45, 7) is 5.69. The Hall–Kier alpha value is -1.53. The Morgan fingerprint density at radius 2 is 1.83 bits per heavy atom. The average Bonchev–Trinajstić information content (AvgIpc) is 3.10. The van der Waals surface area contributed by atoms with Crippen molar-refractivity contribution in [2.45, 2.75) is 116 Å². The molecule has 0 saturated heterocycles. The maximum absolute atomic E-state index is 13.3. The van der Waals surface area contributed by atoms with Gasteiger partial charge >= 0.3 is 5.97 Å². The fourth-order valence-corrected chi connectivity index (χ4v) is 8.60. The molecule has 0 heterocycles. The van der Waals surface area contributed by atoms with E-state index in [2.05, 4.69) is 13.8 Å². The molecule has 0 unspecified atom stereocenters. The lowest BCUT2D eigenvalue weighted by Gasteiger charge is -2.60. The number of rotatable bonds is 9. The molecule has 196 valence electrons. The molecule has 7 atom stereocenters. The highest BCUT2D eigenvalue weighted by molar-refractivity contribution is 5.92. The van der Waals surface area contributed by atoms with Crippen LogP contribution in [-0.2, 0) is 19.1 Å². The predicted octanol–water partition coefficient (Wildman–Crippen LogP) is 4.69. The number of carbonyl (C=O) groups excluding carboxylic acids is 3. The molecule has 0 aromatic rings. The van der Waals surface area contributed by atoms with E-state index in [1.807, 2.05) is 13.0 Å². The van der Waals surface area contributed by atoms with Gasteiger partial charge in [0, 0.05) is 18.3 Å². The van der Waals surface area contributed by atoms with Crippen molar-refractivity contribution in [2.75, 3.05) is 6.61 Å². The van der Waals surface area contributed by atoms with Crippen molar-refractivity contribution in [3.63, 3.8) is 0 Å². The number of ketones is 2. The SMILES string of the molecule is CCCCCCCC(=O)O[C@]1(C(=O)CO)CC[C@H]2[C@@H]3CCC4=CC(=O)CC[C@]4(C)[C@H]3[C@@H](O)C[C@@]21C. The molecule has 0 bridgehead atoms. The molecule has 0 amide bonds. The van der Waals surface area contributed by atoms with Crippen LogP contribution < -0.4 is 0 Å². The summed E-state index contributed by atoms with van der Waals surface area (Å²) in [6, 6.07) is 0. The van der Waals surface area contributed by atoms with Gasteiger partial charge in [0.25, 0.3) is 0 Å². The zero-order valence-electron chi connectivity index (χ0n) is 21.8. The number of hydrogen-bond donors (Lipinski definition) is 2. The van der Waals surface area contributed by atoms with Gasteiger partial charge in [-0.3, -0.25) is 14.4 Å². The highest BCUT2D eigenvalue weighted by Crippen LogP contribution is 2.68. The first-order valence-electron chi connectivity index (χ1n) is 13.9. The topological polar surface area (TPSA) is 101 Å². The second kappa shape index (κ2) is 10.1. The van der Waals surface area contributed by atoms with Crippen LogP contribution in [0.4, 0.5) is 0 Å². The molecule has 3 fully saturated rings. The third-order valence-corrected chi connectivity index (χ3v) is 10.4. The molecule has 6 nitrogen and oxygen atoms in total. The summed E-state index contributed by atoms with van der Waals surface area (Å²) in [5.41, 5.74) is -1.13. The van der Waals surface area contributed by atoms with Gasteiger partial charge in [-0.2, -0.15) is 0 Å². The quantitative estimate of drug-likeness (QED) is 0.361. The summed E-state index contributed by atoms with van der Waals surface area (Å²) in [5.74, 6) is -0.268. The number of carbonyl (C=O) groups is 3. The van der Waals surface area contributed by atoms with Gasteiger partial charge in [0.1, 0.15) is 6.61 Å². The number of ether oxygens (including phenoxy) is 1. The Morgan fingerprint density at radius 3 is 2.54 bits per heavy atom. The van der Waals surface area contributed by atoms with E-state index in [4.69, 9.17) is 4.74 Å². The van der Waals surface area contributed by atoms with Crippen molar-refractivity contribution in [1.82, 2.24) is 0 Å². The van der Waals surface area contributed by atoms with Gasteiger partial charge in [0.05, 0.1) is 6.10 Å². The number of unbranched alkanes of at least 4 members (excludes halogenated alkanes) is 4. The molecular formula is C29H44O6. The zero-order valence-corrected chi connectivity index (χ0v) is 21.8. The minimum Gasteiger partial charge on any atom is -0.450 e. The number of aliphatic hydroxyl groups excluding tert-OH is 2. The van der Waals surface area contributed by atoms with Crippen molar-refractivity contribution in [3.05, 3.63) is 11.6 Å². The highest BCUT2D eigenvalue weighted by Gasteiger charge is 2.70. The molecule has 0 aromatic heterocycles. The van der Waals surface area contributed by atoms with Crippen molar-refractivity contribution in [3.8, 4) is 0 Å². The lowest BCUT2D eigenvalue weighted by atomic mass is 9.45. The molecule has 4 rings (SSSR count). The van der Waals surface area contributed by atoms with Gasteiger partial charge in [-0.25, -0.2) is 0 Å². The summed E-state index contributed by atoms with van der Waals surface area (Å²) in [7, 11) is 0. The molecule has 0 spiro atoms.